The largest absolute Gasteiger partial charge is 0.303 e. The fourth-order valence-corrected chi connectivity index (χ4v) is 7.59. The molecule has 0 radical (unpaired) electrons. The van der Waals surface area contributed by atoms with E-state index < -0.39 is 0 Å². The van der Waals surface area contributed by atoms with Crippen LogP contribution in [-0.2, 0) is 4.79 Å². The number of fused-ring (bicyclic) bond motifs is 5. The molecule has 0 saturated heterocycles. The summed E-state index contributed by atoms with van der Waals surface area (Å²) in [6.07, 6.45) is 19.0. The summed E-state index contributed by atoms with van der Waals surface area (Å²) in [6.45, 7) is 5.10. The van der Waals surface area contributed by atoms with E-state index in [4.69, 9.17) is 6.42 Å². The van der Waals surface area contributed by atoms with Crippen LogP contribution in [0.1, 0.15) is 71.6 Å². The first kappa shape index (κ1) is 15.7. The molecule has 0 aromatic heterocycles. The third-order valence-electron chi connectivity index (χ3n) is 8.94. The lowest BCUT2D eigenvalue weighted by atomic mass is 9.42. The van der Waals surface area contributed by atoms with Crippen molar-refractivity contribution in [1.29, 1.82) is 0 Å². The molecule has 126 valence electrons. The Hall–Kier alpha value is -0.770. The van der Waals surface area contributed by atoms with Gasteiger partial charge >= 0.3 is 0 Å². The van der Waals surface area contributed by atoms with Gasteiger partial charge in [0.15, 0.2) is 0 Å². The van der Waals surface area contributed by atoms with Gasteiger partial charge in [0.2, 0.25) is 0 Å². The SMILES string of the molecule is C#C[C@@H]1CC2CC(C=O)CC[C@]2(C)[C@H]2CC[C@]3(C)CCC[C@H]3[C@H]12. The van der Waals surface area contributed by atoms with Crippen LogP contribution in [0.4, 0.5) is 0 Å². The predicted octanol–water partition coefficient (Wildman–Crippen LogP) is 5.09. The zero-order valence-electron chi connectivity index (χ0n) is 14.9. The van der Waals surface area contributed by atoms with Crippen molar-refractivity contribution in [3.63, 3.8) is 0 Å². The average Bonchev–Trinajstić information content (AvgIpc) is 2.95. The number of carbonyl (C=O) groups is 1. The van der Waals surface area contributed by atoms with Gasteiger partial charge < -0.3 is 4.79 Å². The molecule has 4 aliphatic carbocycles. The molecule has 0 heterocycles. The molecular weight excluding hydrogens is 280 g/mol. The van der Waals surface area contributed by atoms with Gasteiger partial charge in [-0.3, -0.25) is 0 Å². The topological polar surface area (TPSA) is 17.1 Å². The number of terminal acetylenes is 1. The molecule has 4 rings (SSSR count). The molecule has 0 spiro atoms. The molecular formula is C22H32O. The summed E-state index contributed by atoms with van der Waals surface area (Å²) in [4.78, 5) is 11.3. The molecule has 4 aliphatic rings. The number of aldehydes is 1. The lowest BCUT2D eigenvalue weighted by Crippen LogP contribution is -2.55. The van der Waals surface area contributed by atoms with Crippen molar-refractivity contribution < 1.29 is 4.79 Å². The Morgan fingerprint density at radius 2 is 1.87 bits per heavy atom. The Balaban J connectivity index is 1.69. The summed E-state index contributed by atoms with van der Waals surface area (Å²) >= 11 is 0. The number of carbonyl (C=O) groups excluding carboxylic acids is 1. The van der Waals surface area contributed by atoms with Gasteiger partial charge in [0.1, 0.15) is 6.29 Å². The summed E-state index contributed by atoms with van der Waals surface area (Å²) in [6, 6.07) is 0. The highest BCUT2D eigenvalue weighted by molar-refractivity contribution is 5.53. The first-order valence-corrected chi connectivity index (χ1v) is 9.93. The number of hydrogen-bond donors (Lipinski definition) is 0. The summed E-state index contributed by atoms with van der Waals surface area (Å²) in [5.41, 5.74) is 1.01. The van der Waals surface area contributed by atoms with E-state index >= 15 is 0 Å². The van der Waals surface area contributed by atoms with Crippen LogP contribution in [0.15, 0.2) is 0 Å². The van der Waals surface area contributed by atoms with Gasteiger partial charge in [-0.05, 0) is 85.9 Å². The van der Waals surface area contributed by atoms with Crippen molar-refractivity contribution in [3.05, 3.63) is 0 Å². The van der Waals surface area contributed by atoms with Crippen molar-refractivity contribution in [2.24, 2.45) is 46.3 Å². The first-order valence-electron chi connectivity index (χ1n) is 9.93. The van der Waals surface area contributed by atoms with Crippen LogP contribution in [-0.4, -0.2) is 6.29 Å². The Bertz CT molecular complexity index is 531. The maximum absolute atomic E-state index is 11.3. The lowest BCUT2D eigenvalue weighted by Gasteiger charge is -2.62. The summed E-state index contributed by atoms with van der Waals surface area (Å²) in [7, 11) is 0. The van der Waals surface area contributed by atoms with Crippen LogP contribution in [0.3, 0.4) is 0 Å². The van der Waals surface area contributed by atoms with Crippen LogP contribution in [0.25, 0.3) is 0 Å². The first-order chi connectivity index (χ1) is 11.0. The minimum Gasteiger partial charge on any atom is -0.303 e. The van der Waals surface area contributed by atoms with Gasteiger partial charge in [-0.25, -0.2) is 0 Å². The van der Waals surface area contributed by atoms with Crippen LogP contribution in [0.2, 0.25) is 0 Å². The molecule has 0 amide bonds. The zero-order valence-corrected chi connectivity index (χ0v) is 14.9. The Morgan fingerprint density at radius 3 is 2.61 bits per heavy atom. The van der Waals surface area contributed by atoms with Crippen LogP contribution >= 0.6 is 0 Å². The van der Waals surface area contributed by atoms with Gasteiger partial charge in [0.25, 0.3) is 0 Å². The molecule has 0 aromatic rings. The van der Waals surface area contributed by atoms with Crippen molar-refractivity contribution >= 4 is 6.29 Å². The smallest absolute Gasteiger partial charge is 0.123 e. The molecule has 1 nitrogen and oxygen atoms in total. The summed E-state index contributed by atoms with van der Waals surface area (Å²) in [5, 5.41) is 0. The van der Waals surface area contributed by atoms with E-state index in [0.717, 1.165) is 30.6 Å². The summed E-state index contributed by atoms with van der Waals surface area (Å²) < 4.78 is 0. The van der Waals surface area contributed by atoms with Gasteiger partial charge in [-0.1, -0.05) is 20.3 Å². The molecule has 4 fully saturated rings. The van der Waals surface area contributed by atoms with Crippen molar-refractivity contribution in [2.75, 3.05) is 0 Å². The Labute approximate surface area is 142 Å². The standard InChI is InChI=1S/C22H32O/c1-4-16-13-17-12-15(14-23)7-11-22(17,3)19-8-10-21(2)9-5-6-18(21)20(16)19/h1,14-20H,5-13H2,2-3H3/t15?,16-,17?,18+,19+,20+,21+,22+/m1/s1. The quantitative estimate of drug-likeness (QED) is 0.486. The highest BCUT2D eigenvalue weighted by Crippen LogP contribution is 2.67. The molecule has 0 aliphatic heterocycles. The second-order valence-electron chi connectivity index (χ2n) is 9.76. The molecule has 8 atom stereocenters. The zero-order chi connectivity index (χ0) is 16.2. The van der Waals surface area contributed by atoms with Crippen molar-refractivity contribution in [2.45, 2.75) is 71.6 Å². The molecule has 0 bridgehead atoms. The predicted molar refractivity (Wildman–Crippen MR) is 93.6 cm³/mol. The molecule has 0 aromatic carbocycles. The van der Waals surface area contributed by atoms with Crippen LogP contribution in [0.5, 0.6) is 0 Å². The average molecular weight is 312 g/mol. The highest BCUT2D eigenvalue weighted by atomic mass is 16.1. The van der Waals surface area contributed by atoms with Crippen LogP contribution in [0, 0.1) is 58.7 Å². The second kappa shape index (κ2) is 5.37. The Morgan fingerprint density at radius 1 is 1.04 bits per heavy atom. The molecule has 1 heteroatoms. The minimum atomic E-state index is 0.295. The van der Waals surface area contributed by atoms with Crippen molar-refractivity contribution in [3.8, 4) is 12.3 Å². The van der Waals surface area contributed by atoms with Gasteiger partial charge in [0.05, 0.1) is 0 Å². The van der Waals surface area contributed by atoms with Crippen molar-refractivity contribution in [1.82, 2.24) is 0 Å². The molecule has 4 saturated carbocycles. The van der Waals surface area contributed by atoms with E-state index in [9.17, 15) is 4.79 Å². The normalized spacial score (nSPS) is 55.2. The van der Waals surface area contributed by atoms with Crippen LogP contribution < -0.4 is 0 Å². The molecule has 23 heavy (non-hydrogen) atoms. The third kappa shape index (κ3) is 2.16. The number of hydrogen-bond acceptors (Lipinski definition) is 1. The van der Waals surface area contributed by atoms with E-state index in [2.05, 4.69) is 19.8 Å². The summed E-state index contributed by atoms with van der Waals surface area (Å²) in [5.74, 6) is 7.10. The minimum absolute atomic E-state index is 0.295. The fourth-order valence-electron chi connectivity index (χ4n) is 7.59. The van der Waals surface area contributed by atoms with E-state index in [0.29, 0.717) is 28.6 Å². The van der Waals surface area contributed by atoms with Gasteiger partial charge in [-0.2, -0.15) is 0 Å². The molecule has 2 unspecified atom stereocenters. The number of rotatable bonds is 1. The van der Waals surface area contributed by atoms with E-state index in [1.165, 1.54) is 51.2 Å². The lowest BCUT2D eigenvalue weighted by molar-refractivity contribution is -0.134. The fraction of sp³-hybridized carbons (Fsp3) is 0.864. The van der Waals surface area contributed by atoms with Gasteiger partial charge in [0, 0.05) is 11.8 Å². The van der Waals surface area contributed by atoms with E-state index in [1.54, 1.807) is 0 Å². The highest BCUT2D eigenvalue weighted by Gasteiger charge is 2.60. The van der Waals surface area contributed by atoms with E-state index in [-0.39, 0.29) is 0 Å². The maximum Gasteiger partial charge on any atom is 0.123 e. The van der Waals surface area contributed by atoms with E-state index in [1.807, 2.05) is 0 Å². The monoisotopic (exact) mass is 312 g/mol. The molecule has 0 N–H and O–H groups in total. The maximum atomic E-state index is 11.3. The third-order valence-corrected chi connectivity index (χ3v) is 8.94. The Kier molecular flexibility index (Phi) is 3.67. The second-order valence-corrected chi connectivity index (χ2v) is 9.76. The van der Waals surface area contributed by atoms with Gasteiger partial charge in [-0.15, -0.1) is 12.3 Å².